The van der Waals surface area contributed by atoms with Crippen molar-refractivity contribution < 1.29 is 43.1 Å². The number of esters is 1. The molecule has 2 spiro atoms. The predicted molar refractivity (Wildman–Crippen MR) is 113 cm³/mol. The average molecular weight is 465 g/mol. The zero-order valence-corrected chi connectivity index (χ0v) is 19.6. The van der Waals surface area contributed by atoms with E-state index >= 15 is 0 Å². The molecule has 0 radical (unpaired) electrons. The van der Waals surface area contributed by atoms with Crippen molar-refractivity contribution >= 4 is 11.9 Å². The fourth-order valence-corrected chi connectivity index (χ4v) is 7.80. The second kappa shape index (κ2) is 7.53. The Balaban J connectivity index is 1.67. The molecule has 2 saturated carbocycles. The van der Waals surface area contributed by atoms with E-state index in [4.69, 9.17) is 28.4 Å². The van der Waals surface area contributed by atoms with Crippen molar-refractivity contribution in [1.82, 2.24) is 0 Å². The molecular weight excluding hydrogens is 432 g/mol. The Morgan fingerprint density at radius 1 is 1.18 bits per heavy atom. The van der Waals surface area contributed by atoms with Gasteiger partial charge in [0, 0.05) is 18.9 Å². The molecule has 0 aromatic carbocycles. The van der Waals surface area contributed by atoms with Gasteiger partial charge in [0.25, 0.3) is 0 Å². The normalized spacial score (nSPS) is 40.4. The van der Waals surface area contributed by atoms with Crippen LogP contribution >= 0.6 is 0 Å². The second-order valence-electron chi connectivity index (χ2n) is 9.98. The summed E-state index contributed by atoms with van der Waals surface area (Å²) in [5.41, 5.74) is -1.22. The number of hydrogen-bond donors (Lipinski definition) is 1. The van der Waals surface area contributed by atoms with Gasteiger partial charge in [-0.1, -0.05) is 5.57 Å². The van der Waals surface area contributed by atoms with Gasteiger partial charge >= 0.3 is 11.9 Å². The third-order valence-corrected chi connectivity index (χ3v) is 8.84. The molecule has 0 amide bonds. The van der Waals surface area contributed by atoms with Gasteiger partial charge < -0.3 is 33.5 Å². The smallest absolute Gasteiger partial charge is 0.323 e. The van der Waals surface area contributed by atoms with Crippen LogP contribution in [0.15, 0.2) is 23.0 Å². The summed E-state index contributed by atoms with van der Waals surface area (Å²) in [5, 5.41) is 10.6. The number of aliphatic carboxylic acids is 1. The SMILES string of the molecule is COCO[C@]12CC[C@H]3C4=C([C@H](C(=O)O)[C@@]3(CC13OCCO3)C2)[C@@](C)(C(=O)OC)C(OC)=CC4. The topological polar surface area (TPSA) is 110 Å². The molecule has 9 nitrogen and oxygen atoms in total. The molecule has 33 heavy (non-hydrogen) atoms. The number of carbonyl (C=O) groups is 2. The van der Waals surface area contributed by atoms with Crippen molar-refractivity contribution in [3.8, 4) is 0 Å². The number of carboxylic acids is 1. The standard InChI is InChI=1S/C24H32O9/c1-21(20(27)30-4)16(29-3)6-5-14-15-7-8-23(33-13-28-2)11-22(15,18(17(14)21)19(25)26)12-24(23)31-9-10-32-24/h6,15,18H,5,7-13H2,1-4H3,(H,25,26)/t15-,18+,21-,22+,23-/m0/s1. The summed E-state index contributed by atoms with van der Waals surface area (Å²) in [5.74, 6) is -3.03. The van der Waals surface area contributed by atoms with Crippen molar-refractivity contribution in [3.05, 3.63) is 23.0 Å². The summed E-state index contributed by atoms with van der Waals surface area (Å²) in [6.07, 6.45) is 4.65. The minimum atomic E-state index is -1.31. The highest BCUT2D eigenvalue weighted by molar-refractivity contribution is 5.89. The molecule has 0 aromatic rings. The van der Waals surface area contributed by atoms with Crippen molar-refractivity contribution in [3.63, 3.8) is 0 Å². The number of carbonyl (C=O) groups excluding carboxylic acids is 1. The molecular formula is C24H32O9. The van der Waals surface area contributed by atoms with Crippen LogP contribution in [0.3, 0.4) is 0 Å². The van der Waals surface area contributed by atoms with Gasteiger partial charge in [0.05, 0.1) is 33.4 Å². The van der Waals surface area contributed by atoms with E-state index in [0.29, 0.717) is 56.7 Å². The first-order chi connectivity index (χ1) is 15.7. The van der Waals surface area contributed by atoms with E-state index in [2.05, 4.69) is 0 Å². The number of rotatable bonds is 6. The molecule has 2 bridgehead atoms. The lowest BCUT2D eigenvalue weighted by Gasteiger charge is -2.45. The maximum absolute atomic E-state index is 13.2. The van der Waals surface area contributed by atoms with E-state index in [1.165, 1.54) is 14.2 Å². The van der Waals surface area contributed by atoms with Gasteiger partial charge in [0.1, 0.15) is 23.6 Å². The van der Waals surface area contributed by atoms with Crippen LogP contribution in [0, 0.1) is 22.7 Å². The lowest BCUT2D eigenvalue weighted by Crippen LogP contribution is -2.54. The third kappa shape index (κ3) is 2.68. The number of hydrogen-bond acceptors (Lipinski definition) is 8. The maximum Gasteiger partial charge on any atom is 0.323 e. The van der Waals surface area contributed by atoms with Crippen molar-refractivity contribution in [2.24, 2.45) is 22.7 Å². The summed E-state index contributed by atoms with van der Waals surface area (Å²) >= 11 is 0. The Bertz CT molecular complexity index is 932. The maximum atomic E-state index is 13.2. The van der Waals surface area contributed by atoms with Crippen LogP contribution in [0.4, 0.5) is 0 Å². The monoisotopic (exact) mass is 464 g/mol. The Morgan fingerprint density at radius 2 is 1.91 bits per heavy atom. The zero-order chi connectivity index (χ0) is 23.6. The summed E-state index contributed by atoms with van der Waals surface area (Å²) in [6, 6.07) is 0. The molecule has 3 fully saturated rings. The Morgan fingerprint density at radius 3 is 2.52 bits per heavy atom. The highest BCUT2D eigenvalue weighted by Gasteiger charge is 2.78. The number of fused-ring (bicyclic) bond motifs is 3. The lowest BCUT2D eigenvalue weighted by molar-refractivity contribution is -0.289. The Hall–Kier alpha value is -1.94. The molecule has 0 unspecified atom stereocenters. The van der Waals surface area contributed by atoms with Gasteiger partial charge in [-0.15, -0.1) is 0 Å². The molecule has 9 heteroatoms. The van der Waals surface area contributed by atoms with Crippen LogP contribution < -0.4 is 0 Å². The fourth-order valence-electron chi connectivity index (χ4n) is 7.80. The predicted octanol–water partition coefficient (Wildman–Crippen LogP) is 2.40. The van der Waals surface area contributed by atoms with Gasteiger partial charge in [-0.25, -0.2) is 0 Å². The van der Waals surface area contributed by atoms with E-state index < -0.39 is 40.1 Å². The summed E-state index contributed by atoms with van der Waals surface area (Å²) in [7, 11) is 4.38. The van der Waals surface area contributed by atoms with E-state index in [0.717, 1.165) is 5.57 Å². The molecule has 1 aliphatic heterocycles. The van der Waals surface area contributed by atoms with Crippen molar-refractivity contribution in [1.29, 1.82) is 0 Å². The van der Waals surface area contributed by atoms with Crippen LogP contribution in [-0.2, 0) is 38.0 Å². The Kier molecular flexibility index (Phi) is 5.21. The van der Waals surface area contributed by atoms with Gasteiger partial charge in [-0.05, 0) is 50.2 Å². The molecule has 1 N–H and O–H groups in total. The first kappa shape index (κ1) is 22.8. The summed E-state index contributed by atoms with van der Waals surface area (Å²) in [6.45, 7) is 2.64. The van der Waals surface area contributed by atoms with Gasteiger partial charge in [-0.2, -0.15) is 0 Å². The van der Waals surface area contributed by atoms with Crippen LogP contribution in [0.25, 0.3) is 0 Å². The third-order valence-electron chi connectivity index (χ3n) is 8.84. The van der Waals surface area contributed by atoms with E-state index in [1.807, 2.05) is 6.08 Å². The molecule has 5 aliphatic rings. The van der Waals surface area contributed by atoms with Gasteiger partial charge in [0.15, 0.2) is 5.79 Å². The van der Waals surface area contributed by atoms with E-state index in [-0.39, 0.29) is 12.7 Å². The quantitative estimate of drug-likeness (QED) is 0.360. The second-order valence-corrected chi connectivity index (χ2v) is 9.98. The number of allylic oxidation sites excluding steroid dienone is 2. The van der Waals surface area contributed by atoms with Gasteiger partial charge in [0.2, 0.25) is 0 Å². The molecule has 182 valence electrons. The average Bonchev–Trinajstić information content (AvgIpc) is 3.44. The molecule has 1 saturated heterocycles. The fraction of sp³-hybridized carbons (Fsp3) is 0.750. The largest absolute Gasteiger partial charge is 0.500 e. The number of methoxy groups -OCH3 is 3. The van der Waals surface area contributed by atoms with Crippen LogP contribution in [0.5, 0.6) is 0 Å². The first-order valence-electron chi connectivity index (χ1n) is 11.5. The number of carboxylic acid groups (broad SMARTS) is 1. The lowest BCUT2D eigenvalue weighted by atomic mass is 9.61. The van der Waals surface area contributed by atoms with Gasteiger partial charge in [-0.3, -0.25) is 9.59 Å². The molecule has 0 aromatic heterocycles. The van der Waals surface area contributed by atoms with Crippen molar-refractivity contribution in [2.45, 2.75) is 50.4 Å². The first-order valence-corrected chi connectivity index (χ1v) is 11.5. The highest BCUT2D eigenvalue weighted by atomic mass is 16.8. The summed E-state index contributed by atoms with van der Waals surface area (Å²) in [4.78, 5) is 26.2. The van der Waals surface area contributed by atoms with Crippen LogP contribution in [0.1, 0.15) is 39.0 Å². The van der Waals surface area contributed by atoms with Crippen LogP contribution in [0.2, 0.25) is 0 Å². The van der Waals surface area contributed by atoms with E-state index in [1.54, 1.807) is 14.0 Å². The molecule has 1 heterocycles. The Labute approximate surface area is 193 Å². The minimum Gasteiger partial charge on any atom is -0.500 e. The molecule has 5 atom stereocenters. The van der Waals surface area contributed by atoms with E-state index in [9.17, 15) is 14.7 Å². The minimum absolute atomic E-state index is 0.0290. The van der Waals surface area contributed by atoms with Crippen LogP contribution in [-0.4, -0.2) is 69.8 Å². The number of ether oxygens (including phenoxy) is 6. The molecule has 4 aliphatic carbocycles. The molecule has 5 rings (SSSR count). The summed E-state index contributed by atoms with van der Waals surface area (Å²) < 4.78 is 34.7. The van der Waals surface area contributed by atoms with Crippen molar-refractivity contribution in [2.75, 3.05) is 41.3 Å². The highest BCUT2D eigenvalue weighted by Crippen LogP contribution is 2.74. The zero-order valence-electron chi connectivity index (χ0n) is 19.6.